The third kappa shape index (κ3) is 3.94. The van der Waals surface area contributed by atoms with Gasteiger partial charge in [0, 0.05) is 5.69 Å². The normalized spacial score (nSPS) is 14.7. The van der Waals surface area contributed by atoms with Crippen molar-refractivity contribution in [1.82, 2.24) is 0 Å². The number of benzene rings is 1. The number of nitrogens with one attached hydrogen (secondary N) is 1. The summed E-state index contributed by atoms with van der Waals surface area (Å²) in [5.41, 5.74) is -6.65. The number of nitriles is 1. The number of aliphatic hydroxyl groups is 1. The summed E-state index contributed by atoms with van der Waals surface area (Å²) < 4.78 is 76.3. The molecule has 0 aromatic heterocycles. The second-order valence-electron chi connectivity index (χ2n) is 4.32. The fourth-order valence-electron chi connectivity index (χ4n) is 1.45. The van der Waals surface area contributed by atoms with Crippen LogP contribution >= 0.6 is 15.9 Å². The molecule has 0 radical (unpaired) electrons. The standard InChI is InChI=1S/C12H7BrF6N2O2/c13-5-10(23,12(17,18)19)9(22)21-7-2-1-6(4-20)8(3-7)11(14,15)16/h1-3,23H,5H2,(H,21,22)/t10-/m0/s1. The molecular formula is C12H7BrF6N2O2. The second-order valence-corrected chi connectivity index (χ2v) is 4.88. The SMILES string of the molecule is N#Cc1ccc(NC(=O)[C@@](O)(CBr)C(F)(F)F)cc1C(F)(F)F. The number of nitrogens with zero attached hydrogens (tertiary/aromatic N) is 1. The fourth-order valence-corrected chi connectivity index (χ4v) is 2.03. The van der Waals surface area contributed by atoms with E-state index < -0.39 is 46.0 Å². The van der Waals surface area contributed by atoms with Gasteiger partial charge in [0.05, 0.1) is 22.5 Å². The largest absolute Gasteiger partial charge is 0.427 e. The minimum absolute atomic E-state index is 0.307. The van der Waals surface area contributed by atoms with Crippen LogP contribution in [0.25, 0.3) is 0 Å². The average molecular weight is 405 g/mol. The number of hydrogen-bond donors (Lipinski definition) is 2. The lowest BCUT2D eigenvalue weighted by atomic mass is 10.0. The molecular weight excluding hydrogens is 398 g/mol. The van der Waals surface area contributed by atoms with Gasteiger partial charge in [-0.15, -0.1) is 0 Å². The van der Waals surface area contributed by atoms with Gasteiger partial charge in [0.25, 0.3) is 5.91 Å². The smallest absolute Gasteiger partial charge is 0.372 e. The van der Waals surface area contributed by atoms with Gasteiger partial charge in [0.15, 0.2) is 0 Å². The molecule has 1 rings (SSSR count). The van der Waals surface area contributed by atoms with Crippen LogP contribution in [-0.2, 0) is 11.0 Å². The van der Waals surface area contributed by atoms with Crippen LogP contribution in [0.5, 0.6) is 0 Å². The first-order chi connectivity index (χ1) is 10.4. The van der Waals surface area contributed by atoms with Gasteiger partial charge in [-0.3, -0.25) is 4.79 Å². The van der Waals surface area contributed by atoms with E-state index in [9.17, 15) is 36.2 Å². The molecule has 0 saturated heterocycles. The van der Waals surface area contributed by atoms with Gasteiger partial charge in [0.2, 0.25) is 5.60 Å². The van der Waals surface area contributed by atoms with E-state index in [0.717, 1.165) is 6.07 Å². The number of carbonyl (C=O) groups excluding carboxylic acids is 1. The van der Waals surface area contributed by atoms with Gasteiger partial charge in [-0.05, 0) is 18.2 Å². The molecule has 126 valence electrons. The highest BCUT2D eigenvalue weighted by molar-refractivity contribution is 9.09. The van der Waals surface area contributed by atoms with Crippen LogP contribution in [0, 0.1) is 11.3 Å². The third-order valence-corrected chi connectivity index (χ3v) is 3.55. The van der Waals surface area contributed by atoms with E-state index in [0.29, 0.717) is 12.1 Å². The van der Waals surface area contributed by atoms with Crippen molar-refractivity contribution >= 4 is 27.5 Å². The summed E-state index contributed by atoms with van der Waals surface area (Å²) in [4.78, 5) is 11.6. The van der Waals surface area contributed by atoms with Crippen molar-refractivity contribution in [3.05, 3.63) is 29.3 Å². The Balaban J connectivity index is 3.21. The summed E-state index contributed by atoms with van der Waals surface area (Å²) in [6.07, 6.45) is -10.3. The molecule has 23 heavy (non-hydrogen) atoms. The number of carbonyl (C=O) groups is 1. The Kier molecular flexibility index (Phi) is 5.33. The minimum Gasteiger partial charge on any atom is -0.372 e. The monoisotopic (exact) mass is 404 g/mol. The van der Waals surface area contributed by atoms with Gasteiger partial charge < -0.3 is 10.4 Å². The maximum Gasteiger partial charge on any atom is 0.427 e. The minimum atomic E-state index is -5.35. The van der Waals surface area contributed by atoms with Crippen molar-refractivity contribution < 1.29 is 36.2 Å². The maximum atomic E-state index is 12.7. The van der Waals surface area contributed by atoms with Crippen molar-refractivity contribution in [1.29, 1.82) is 5.26 Å². The van der Waals surface area contributed by atoms with Crippen LogP contribution < -0.4 is 5.32 Å². The number of amides is 1. The Labute approximate surface area is 133 Å². The summed E-state index contributed by atoms with van der Waals surface area (Å²) in [7, 11) is 0. The Morgan fingerprint density at radius 3 is 2.22 bits per heavy atom. The van der Waals surface area contributed by atoms with Gasteiger partial charge in [-0.25, -0.2) is 0 Å². The van der Waals surface area contributed by atoms with Crippen molar-refractivity contribution in [3.63, 3.8) is 0 Å². The molecule has 0 aliphatic carbocycles. The summed E-state index contributed by atoms with van der Waals surface area (Å²) in [5.74, 6) is -1.96. The molecule has 0 aliphatic rings. The molecule has 4 nitrogen and oxygen atoms in total. The number of alkyl halides is 7. The lowest BCUT2D eigenvalue weighted by Gasteiger charge is -2.27. The first kappa shape index (κ1) is 19.2. The highest BCUT2D eigenvalue weighted by Gasteiger charge is 2.59. The van der Waals surface area contributed by atoms with E-state index in [1.54, 1.807) is 5.32 Å². The average Bonchev–Trinajstić information content (AvgIpc) is 2.44. The van der Waals surface area contributed by atoms with E-state index in [2.05, 4.69) is 15.9 Å². The Bertz CT molecular complexity index is 652. The highest BCUT2D eigenvalue weighted by Crippen LogP contribution is 2.35. The lowest BCUT2D eigenvalue weighted by Crippen LogP contribution is -2.56. The second kappa shape index (κ2) is 6.37. The lowest BCUT2D eigenvalue weighted by molar-refractivity contribution is -0.240. The van der Waals surface area contributed by atoms with E-state index >= 15 is 0 Å². The van der Waals surface area contributed by atoms with Gasteiger partial charge in [0.1, 0.15) is 0 Å². The molecule has 1 aromatic rings. The predicted molar refractivity (Wildman–Crippen MR) is 69.6 cm³/mol. The third-order valence-electron chi connectivity index (χ3n) is 2.74. The summed E-state index contributed by atoms with van der Waals surface area (Å²) in [6, 6.07) is 3.10. The maximum absolute atomic E-state index is 12.7. The molecule has 0 saturated carbocycles. The molecule has 1 aromatic carbocycles. The molecule has 2 N–H and O–H groups in total. The topological polar surface area (TPSA) is 73.1 Å². The van der Waals surface area contributed by atoms with E-state index in [4.69, 9.17) is 5.26 Å². The molecule has 1 amide bonds. The van der Waals surface area contributed by atoms with Gasteiger partial charge in [-0.2, -0.15) is 31.6 Å². The Morgan fingerprint density at radius 2 is 1.83 bits per heavy atom. The van der Waals surface area contributed by atoms with Crippen LogP contribution in [0.15, 0.2) is 18.2 Å². The first-order valence-corrected chi connectivity index (χ1v) is 6.77. The number of hydrogen-bond acceptors (Lipinski definition) is 3. The van der Waals surface area contributed by atoms with Crippen LogP contribution in [0.1, 0.15) is 11.1 Å². The summed E-state index contributed by atoms with van der Waals surface area (Å²) in [5, 5.41) is 18.3. The van der Waals surface area contributed by atoms with E-state index in [1.807, 2.05) is 0 Å². The highest BCUT2D eigenvalue weighted by atomic mass is 79.9. The van der Waals surface area contributed by atoms with Crippen molar-refractivity contribution in [2.75, 3.05) is 10.6 Å². The first-order valence-electron chi connectivity index (χ1n) is 5.64. The van der Waals surface area contributed by atoms with Gasteiger partial charge in [-0.1, -0.05) is 15.9 Å². The molecule has 0 fully saturated rings. The van der Waals surface area contributed by atoms with Crippen molar-refractivity contribution in [2.45, 2.75) is 18.0 Å². The van der Waals surface area contributed by atoms with E-state index in [1.165, 1.54) is 6.07 Å². The quantitative estimate of drug-likeness (QED) is 0.600. The summed E-state index contributed by atoms with van der Waals surface area (Å²) >= 11 is 2.34. The van der Waals surface area contributed by atoms with Crippen LogP contribution in [-0.4, -0.2) is 28.1 Å². The zero-order valence-corrected chi connectivity index (χ0v) is 12.5. The number of halogens is 7. The summed E-state index contributed by atoms with van der Waals surface area (Å²) in [6.45, 7) is 0. The van der Waals surface area contributed by atoms with Crippen LogP contribution in [0.3, 0.4) is 0 Å². The zero-order valence-electron chi connectivity index (χ0n) is 10.9. The molecule has 0 heterocycles. The van der Waals surface area contributed by atoms with Crippen molar-refractivity contribution in [2.24, 2.45) is 0 Å². The number of anilines is 1. The van der Waals surface area contributed by atoms with Gasteiger partial charge >= 0.3 is 12.4 Å². The Morgan fingerprint density at radius 1 is 1.26 bits per heavy atom. The predicted octanol–water partition coefficient (Wildman–Crippen LogP) is 3.20. The zero-order chi connectivity index (χ0) is 18.1. The number of rotatable bonds is 3. The molecule has 0 spiro atoms. The molecule has 11 heteroatoms. The molecule has 0 unspecified atom stereocenters. The fraction of sp³-hybridized carbons (Fsp3) is 0.333. The van der Waals surface area contributed by atoms with Crippen LogP contribution in [0.4, 0.5) is 32.0 Å². The molecule has 0 bridgehead atoms. The van der Waals surface area contributed by atoms with Crippen molar-refractivity contribution in [3.8, 4) is 6.07 Å². The van der Waals surface area contributed by atoms with E-state index in [-0.39, 0.29) is 0 Å². The molecule has 1 atom stereocenters. The molecule has 0 aliphatic heterocycles. The van der Waals surface area contributed by atoms with Crippen LogP contribution in [0.2, 0.25) is 0 Å². The Hall–Kier alpha value is -1.80.